The Labute approximate surface area is 101 Å². The van der Waals surface area contributed by atoms with E-state index in [1.807, 2.05) is 6.07 Å². The normalized spacial score (nSPS) is 9.88. The summed E-state index contributed by atoms with van der Waals surface area (Å²) in [5, 5.41) is 22.1. The van der Waals surface area contributed by atoms with Crippen molar-refractivity contribution in [3.63, 3.8) is 0 Å². The molecule has 0 spiro atoms. The summed E-state index contributed by atoms with van der Waals surface area (Å²) in [7, 11) is 0. The van der Waals surface area contributed by atoms with Crippen LogP contribution in [0.15, 0.2) is 30.5 Å². The summed E-state index contributed by atoms with van der Waals surface area (Å²) in [6.45, 7) is 0. The minimum Gasteiger partial charge on any atom is -0.478 e. The van der Waals surface area contributed by atoms with Crippen LogP contribution in [0.5, 0.6) is 0 Å². The predicted octanol–water partition coefficient (Wildman–Crippen LogP) is 2.10. The van der Waals surface area contributed by atoms with E-state index in [9.17, 15) is 4.79 Å². The zero-order valence-corrected chi connectivity index (χ0v) is 9.22. The van der Waals surface area contributed by atoms with Gasteiger partial charge < -0.3 is 5.11 Å². The van der Waals surface area contributed by atoms with Gasteiger partial charge in [-0.1, -0.05) is 23.7 Å². The Morgan fingerprint density at radius 3 is 2.76 bits per heavy atom. The van der Waals surface area contributed by atoms with Crippen LogP contribution >= 0.6 is 11.6 Å². The smallest absolute Gasteiger partial charge is 0.340 e. The molecule has 0 aliphatic heterocycles. The fraction of sp³-hybridized carbons (Fsp3) is 0. The van der Waals surface area contributed by atoms with Crippen LogP contribution in [0.1, 0.15) is 16.1 Å². The summed E-state index contributed by atoms with van der Waals surface area (Å²) < 4.78 is 1.21. The number of benzene rings is 1. The van der Waals surface area contributed by atoms with E-state index in [4.69, 9.17) is 22.0 Å². The third-order valence-corrected chi connectivity index (χ3v) is 2.51. The highest BCUT2D eigenvalue weighted by Gasteiger charge is 2.18. The molecule has 2 aromatic rings. The summed E-state index contributed by atoms with van der Waals surface area (Å²) in [5.74, 6) is -1.19. The van der Waals surface area contributed by atoms with Crippen LogP contribution in [0.4, 0.5) is 0 Å². The van der Waals surface area contributed by atoms with Gasteiger partial charge in [-0.05, 0) is 12.1 Å². The number of hydrogen-bond donors (Lipinski definition) is 1. The third-order valence-electron chi connectivity index (χ3n) is 2.19. The van der Waals surface area contributed by atoms with Gasteiger partial charge >= 0.3 is 5.97 Å². The number of aromatic carboxylic acids is 1. The molecule has 0 aliphatic rings. The molecule has 0 unspecified atom stereocenters. The highest BCUT2D eigenvalue weighted by atomic mass is 35.5. The van der Waals surface area contributed by atoms with Crippen molar-refractivity contribution in [3.05, 3.63) is 46.7 Å². The number of carboxylic acids is 1. The first-order valence-electron chi connectivity index (χ1n) is 4.61. The fourth-order valence-corrected chi connectivity index (χ4v) is 1.63. The Morgan fingerprint density at radius 1 is 1.47 bits per heavy atom. The second kappa shape index (κ2) is 4.28. The average molecular weight is 248 g/mol. The molecule has 0 atom stereocenters. The van der Waals surface area contributed by atoms with Crippen LogP contribution in [0, 0.1) is 11.3 Å². The summed E-state index contributed by atoms with van der Waals surface area (Å²) in [4.78, 5) is 10.9. The number of aromatic nitrogens is 2. The molecule has 0 bridgehead atoms. The largest absolute Gasteiger partial charge is 0.478 e. The van der Waals surface area contributed by atoms with E-state index in [1.54, 1.807) is 24.3 Å². The molecule has 2 rings (SSSR count). The number of halogens is 1. The highest BCUT2D eigenvalue weighted by molar-refractivity contribution is 6.32. The number of para-hydroxylation sites is 1. The molecule has 0 saturated heterocycles. The Morgan fingerprint density at radius 2 is 2.18 bits per heavy atom. The van der Waals surface area contributed by atoms with Gasteiger partial charge in [0.1, 0.15) is 11.6 Å². The van der Waals surface area contributed by atoms with E-state index in [2.05, 4.69) is 5.10 Å². The molecular weight excluding hydrogens is 242 g/mol. The van der Waals surface area contributed by atoms with Gasteiger partial charge in [-0.3, -0.25) is 0 Å². The van der Waals surface area contributed by atoms with Gasteiger partial charge in [0, 0.05) is 0 Å². The topological polar surface area (TPSA) is 78.9 Å². The highest BCUT2D eigenvalue weighted by Crippen LogP contribution is 2.21. The second-order valence-electron chi connectivity index (χ2n) is 3.19. The maximum Gasteiger partial charge on any atom is 0.340 e. The van der Waals surface area contributed by atoms with Gasteiger partial charge in [-0.15, -0.1) is 0 Å². The van der Waals surface area contributed by atoms with Gasteiger partial charge in [0.2, 0.25) is 0 Å². The molecule has 17 heavy (non-hydrogen) atoms. The number of nitriles is 1. The summed E-state index contributed by atoms with van der Waals surface area (Å²) >= 11 is 5.96. The fourth-order valence-electron chi connectivity index (χ4n) is 1.42. The zero-order valence-electron chi connectivity index (χ0n) is 8.46. The van der Waals surface area contributed by atoms with Crippen molar-refractivity contribution in [2.24, 2.45) is 0 Å². The minimum atomic E-state index is -1.19. The Balaban J connectivity index is 2.66. The number of carboxylic acid groups (broad SMARTS) is 1. The van der Waals surface area contributed by atoms with Crippen molar-refractivity contribution < 1.29 is 9.90 Å². The maximum atomic E-state index is 10.9. The lowest BCUT2D eigenvalue weighted by Crippen LogP contribution is -2.03. The molecule has 0 radical (unpaired) electrons. The average Bonchev–Trinajstić information content (AvgIpc) is 2.73. The summed E-state index contributed by atoms with van der Waals surface area (Å²) in [5.41, 5.74) is 0.274. The van der Waals surface area contributed by atoms with Crippen LogP contribution in [-0.4, -0.2) is 20.9 Å². The van der Waals surface area contributed by atoms with Crippen molar-refractivity contribution in [2.75, 3.05) is 0 Å². The van der Waals surface area contributed by atoms with Crippen LogP contribution in [0.25, 0.3) is 5.69 Å². The number of hydrogen-bond acceptors (Lipinski definition) is 3. The minimum absolute atomic E-state index is 0.0504. The SMILES string of the molecule is N#Cc1c(C(=O)O)cnn1-c1ccccc1Cl. The second-order valence-corrected chi connectivity index (χ2v) is 3.59. The van der Waals surface area contributed by atoms with E-state index < -0.39 is 5.97 Å². The predicted molar refractivity (Wildman–Crippen MR) is 60.2 cm³/mol. The Hall–Kier alpha value is -2.32. The van der Waals surface area contributed by atoms with Crippen LogP contribution in [0.2, 0.25) is 5.02 Å². The summed E-state index contributed by atoms with van der Waals surface area (Å²) in [6, 6.07) is 8.57. The molecule has 0 saturated carbocycles. The molecule has 1 N–H and O–H groups in total. The molecule has 0 aliphatic carbocycles. The first-order valence-corrected chi connectivity index (χ1v) is 4.99. The quantitative estimate of drug-likeness (QED) is 0.881. The molecule has 1 aromatic carbocycles. The van der Waals surface area contributed by atoms with Crippen LogP contribution in [0.3, 0.4) is 0 Å². The van der Waals surface area contributed by atoms with Gasteiger partial charge in [-0.25, -0.2) is 9.48 Å². The standard InChI is InChI=1S/C11H6ClN3O2/c12-8-3-1-2-4-9(8)15-10(5-13)7(6-14-15)11(16)17/h1-4,6H,(H,16,17). The van der Waals surface area contributed by atoms with E-state index in [0.717, 1.165) is 6.20 Å². The molecule has 6 heteroatoms. The van der Waals surface area contributed by atoms with Gasteiger partial charge in [0.05, 0.1) is 16.9 Å². The molecular formula is C11H6ClN3O2. The maximum absolute atomic E-state index is 10.9. The van der Waals surface area contributed by atoms with Crippen molar-refractivity contribution in [3.8, 4) is 11.8 Å². The first kappa shape index (κ1) is 11.2. The van der Waals surface area contributed by atoms with Crippen molar-refractivity contribution in [1.82, 2.24) is 9.78 Å². The first-order chi connectivity index (χ1) is 8.15. The van der Waals surface area contributed by atoms with E-state index in [1.165, 1.54) is 4.68 Å². The van der Waals surface area contributed by atoms with Crippen molar-refractivity contribution in [2.45, 2.75) is 0 Å². The monoisotopic (exact) mass is 247 g/mol. The number of carbonyl (C=O) groups is 1. The Bertz CT molecular complexity index is 628. The van der Waals surface area contributed by atoms with Crippen LogP contribution < -0.4 is 0 Å². The lowest BCUT2D eigenvalue weighted by molar-refractivity contribution is 0.0696. The molecule has 0 amide bonds. The van der Waals surface area contributed by atoms with Gasteiger partial charge in [0.15, 0.2) is 5.69 Å². The molecule has 1 aromatic heterocycles. The molecule has 84 valence electrons. The molecule has 0 fully saturated rings. The van der Waals surface area contributed by atoms with E-state index in [0.29, 0.717) is 10.7 Å². The zero-order chi connectivity index (χ0) is 12.4. The lowest BCUT2D eigenvalue weighted by Gasteiger charge is -2.04. The van der Waals surface area contributed by atoms with E-state index >= 15 is 0 Å². The Kier molecular flexibility index (Phi) is 2.81. The molecule has 1 heterocycles. The summed E-state index contributed by atoms with van der Waals surface area (Å²) in [6.07, 6.45) is 1.13. The van der Waals surface area contributed by atoms with Crippen molar-refractivity contribution in [1.29, 1.82) is 5.26 Å². The van der Waals surface area contributed by atoms with Crippen LogP contribution in [-0.2, 0) is 0 Å². The lowest BCUT2D eigenvalue weighted by atomic mass is 10.2. The van der Waals surface area contributed by atoms with Gasteiger partial charge in [-0.2, -0.15) is 10.4 Å². The van der Waals surface area contributed by atoms with E-state index in [-0.39, 0.29) is 11.3 Å². The van der Waals surface area contributed by atoms with Gasteiger partial charge in [0.25, 0.3) is 0 Å². The molecule has 5 nitrogen and oxygen atoms in total. The third kappa shape index (κ3) is 1.86. The van der Waals surface area contributed by atoms with Crippen molar-refractivity contribution >= 4 is 17.6 Å². The number of nitrogens with zero attached hydrogens (tertiary/aromatic N) is 3. The number of rotatable bonds is 2.